The summed E-state index contributed by atoms with van der Waals surface area (Å²) in [6.45, 7) is 8.06. The van der Waals surface area contributed by atoms with Gasteiger partial charge in [0.25, 0.3) is 0 Å². The molecule has 0 atom stereocenters. The standard InChI is InChI=1S/C14H21N3O2S/c1-9(2)11-12(13(18)19)20-14(15-11)17-7-5-16(6-8-17)10-3-4-10/h9-10H,3-8H2,1-2H3,(H,18,19). The second-order valence-electron chi connectivity index (χ2n) is 5.92. The number of aromatic carboxylic acids is 1. The minimum Gasteiger partial charge on any atom is -0.477 e. The number of thiazole rings is 1. The van der Waals surface area contributed by atoms with Crippen LogP contribution in [0.15, 0.2) is 0 Å². The summed E-state index contributed by atoms with van der Waals surface area (Å²) in [4.78, 5) is 21.1. The van der Waals surface area contributed by atoms with E-state index in [1.54, 1.807) is 0 Å². The van der Waals surface area contributed by atoms with Crippen molar-refractivity contribution in [2.75, 3.05) is 31.1 Å². The van der Waals surface area contributed by atoms with Crippen LogP contribution in [0, 0.1) is 0 Å². The topological polar surface area (TPSA) is 56.7 Å². The van der Waals surface area contributed by atoms with Crippen molar-refractivity contribution in [3.8, 4) is 0 Å². The van der Waals surface area contributed by atoms with E-state index >= 15 is 0 Å². The summed E-state index contributed by atoms with van der Waals surface area (Å²) in [7, 11) is 0. The Balaban J connectivity index is 1.73. The van der Waals surface area contributed by atoms with Crippen LogP contribution in [0.4, 0.5) is 5.13 Å². The highest BCUT2D eigenvalue weighted by molar-refractivity contribution is 7.17. The monoisotopic (exact) mass is 295 g/mol. The van der Waals surface area contributed by atoms with Gasteiger partial charge in [0.15, 0.2) is 5.13 Å². The van der Waals surface area contributed by atoms with E-state index in [-0.39, 0.29) is 5.92 Å². The maximum atomic E-state index is 11.3. The van der Waals surface area contributed by atoms with Crippen LogP contribution in [-0.4, -0.2) is 53.2 Å². The molecule has 1 aromatic rings. The Kier molecular flexibility index (Phi) is 3.69. The predicted molar refractivity (Wildman–Crippen MR) is 80.0 cm³/mol. The van der Waals surface area contributed by atoms with Crippen LogP contribution in [0.2, 0.25) is 0 Å². The van der Waals surface area contributed by atoms with E-state index in [9.17, 15) is 9.90 Å². The van der Waals surface area contributed by atoms with Gasteiger partial charge >= 0.3 is 5.97 Å². The van der Waals surface area contributed by atoms with E-state index in [4.69, 9.17) is 0 Å². The molecule has 0 spiro atoms. The van der Waals surface area contributed by atoms with Crippen LogP contribution < -0.4 is 4.90 Å². The molecule has 1 saturated heterocycles. The molecule has 0 aromatic carbocycles. The second kappa shape index (κ2) is 5.33. The van der Waals surface area contributed by atoms with Crippen LogP contribution in [0.5, 0.6) is 0 Å². The van der Waals surface area contributed by atoms with E-state index in [0.717, 1.165) is 43.0 Å². The van der Waals surface area contributed by atoms with Gasteiger partial charge in [-0.25, -0.2) is 9.78 Å². The molecule has 2 fully saturated rings. The molecule has 2 heterocycles. The average Bonchev–Trinajstić information content (AvgIpc) is 3.16. The molecule has 0 bridgehead atoms. The molecule has 3 rings (SSSR count). The molecule has 0 unspecified atom stereocenters. The number of nitrogens with zero attached hydrogens (tertiary/aromatic N) is 3. The first-order chi connectivity index (χ1) is 9.56. The van der Waals surface area contributed by atoms with Crippen LogP contribution in [0.25, 0.3) is 0 Å². The molecule has 1 aliphatic heterocycles. The van der Waals surface area contributed by atoms with Crippen LogP contribution in [-0.2, 0) is 0 Å². The highest BCUT2D eigenvalue weighted by atomic mass is 32.1. The van der Waals surface area contributed by atoms with Crippen molar-refractivity contribution >= 4 is 22.4 Å². The third kappa shape index (κ3) is 2.67. The third-order valence-corrected chi connectivity index (χ3v) is 5.15. The summed E-state index contributed by atoms with van der Waals surface area (Å²) >= 11 is 1.32. The number of carbonyl (C=O) groups is 1. The lowest BCUT2D eigenvalue weighted by atomic mass is 10.1. The molecule has 0 amide bonds. The minimum absolute atomic E-state index is 0.152. The lowest BCUT2D eigenvalue weighted by Crippen LogP contribution is -2.47. The maximum absolute atomic E-state index is 11.3. The van der Waals surface area contributed by atoms with E-state index in [1.165, 1.54) is 24.2 Å². The molecule has 1 saturated carbocycles. The summed E-state index contributed by atoms with van der Waals surface area (Å²) in [5.74, 6) is -0.701. The highest BCUT2D eigenvalue weighted by Gasteiger charge is 2.32. The fourth-order valence-corrected chi connectivity index (χ4v) is 3.83. The van der Waals surface area contributed by atoms with E-state index < -0.39 is 5.97 Å². The van der Waals surface area contributed by atoms with Gasteiger partial charge in [-0.05, 0) is 18.8 Å². The number of aromatic nitrogens is 1. The van der Waals surface area contributed by atoms with Gasteiger partial charge in [-0.15, -0.1) is 0 Å². The van der Waals surface area contributed by atoms with Gasteiger partial charge in [-0.2, -0.15) is 0 Å². The minimum atomic E-state index is -0.853. The number of hydrogen-bond acceptors (Lipinski definition) is 5. The molecule has 2 aliphatic rings. The van der Waals surface area contributed by atoms with Crippen LogP contribution in [0.1, 0.15) is 48.0 Å². The van der Waals surface area contributed by atoms with Gasteiger partial charge in [0.1, 0.15) is 4.88 Å². The lowest BCUT2D eigenvalue weighted by molar-refractivity contribution is 0.0700. The summed E-state index contributed by atoms with van der Waals surface area (Å²) in [5.41, 5.74) is 0.724. The Morgan fingerprint density at radius 2 is 1.95 bits per heavy atom. The second-order valence-corrected chi connectivity index (χ2v) is 6.90. The number of piperazine rings is 1. The Morgan fingerprint density at radius 1 is 1.30 bits per heavy atom. The fourth-order valence-electron chi connectivity index (χ4n) is 2.72. The van der Waals surface area contributed by atoms with Crippen molar-refractivity contribution in [1.82, 2.24) is 9.88 Å². The van der Waals surface area contributed by atoms with Gasteiger partial charge in [0.05, 0.1) is 5.69 Å². The number of carboxylic acid groups (broad SMARTS) is 1. The van der Waals surface area contributed by atoms with Crippen molar-refractivity contribution < 1.29 is 9.90 Å². The Hall–Kier alpha value is -1.14. The zero-order valence-corrected chi connectivity index (χ0v) is 12.8. The number of anilines is 1. The van der Waals surface area contributed by atoms with Crippen molar-refractivity contribution in [2.45, 2.75) is 38.6 Å². The van der Waals surface area contributed by atoms with Crippen LogP contribution in [0.3, 0.4) is 0 Å². The number of rotatable bonds is 4. The summed E-state index contributed by atoms with van der Waals surface area (Å²) < 4.78 is 0. The summed E-state index contributed by atoms with van der Waals surface area (Å²) in [5, 5.41) is 10.2. The molecule has 1 aliphatic carbocycles. The average molecular weight is 295 g/mol. The van der Waals surface area contributed by atoms with Gasteiger partial charge in [-0.1, -0.05) is 25.2 Å². The summed E-state index contributed by atoms with van der Waals surface area (Å²) in [6, 6.07) is 0.814. The molecule has 110 valence electrons. The van der Waals surface area contributed by atoms with Crippen molar-refractivity contribution in [1.29, 1.82) is 0 Å². The molecule has 6 heteroatoms. The molecule has 1 aromatic heterocycles. The lowest BCUT2D eigenvalue weighted by Gasteiger charge is -2.34. The molecule has 5 nitrogen and oxygen atoms in total. The third-order valence-electron chi connectivity index (χ3n) is 4.03. The molecular formula is C14H21N3O2S. The highest BCUT2D eigenvalue weighted by Crippen LogP contribution is 2.33. The van der Waals surface area contributed by atoms with Crippen molar-refractivity contribution in [2.24, 2.45) is 0 Å². The summed E-state index contributed by atoms with van der Waals surface area (Å²) in [6.07, 6.45) is 2.69. The van der Waals surface area contributed by atoms with Crippen molar-refractivity contribution in [3.05, 3.63) is 10.6 Å². The number of carboxylic acids is 1. The zero-order valence-electron chi connectivity index (χ0n) is 12.0. The molecule has 1 N–H and O–H groups in total. The van der Waals surface area contributed by atoms with E-state index in [1.807, 2.05) is 13.8 Å². The fraction of sp³-hybridized carbons (Fsp3) is 0.714. The van der Waals surface area contributed by atoms with E-state index in [0.29, 0.717) is 4.88 Å². The first-order valence-corrected chi connectivity index (χ1v) is 8.11. The molecule has 20 heavy (non-hydrogen) atoms. The SMILES string of the molecule is CC(C)c1nc(N2CCN(C3CC3)CC2)sc1C(=O)O. The Labute approximate surface area is 123 Å². The van der Waals surface area contributed by atoms with Gasteiger partial charge in [0, 0.05) is 32.2 Å². The zero-order chi connectivity index (χ0) is 14.3. The first-order valence-electron chi connectivity index (χ1n) is 7.29. The van der Waals surface area contributed by atoms with Gasteiger partial charge in [0.2, 0.25) is 0 Å². The largest absolute Gasteiger partial charge is 0.477 e. The normalized spacial score (nSPS) is 20.6. The molecular weight excluding hydrogens is 274 g/mol. The van der Waals surface area contributed by atoms with Crippen LogP contribution >= 0.6 is 11.3 Å². The quantitative estimate of drug-likeness (QED) is 0.923. The molecule has 0 radical (unpaired) electrons. The predicted octanol–water partition coefficient (Wildman–Crippen LogP) is 2.25. The first kappa shape index (κ1) is 13.8. The Morgan fingerprint density at radius 3 is 2.40 bits per heavy atom. The van der Waals surface area contributed by atoms with Gasteiger partial charge < -0.3 is 10.0 Å². The Bertz CT molecular complexity index is 503. The number of hydrogen-bond donors (Lipinski definition) is 1. The smallest absolute Gasteiger partial charge is 0.347 e. The van der Waals surface area contributed by atoms with E-state index in [2.05, 4.69) is 14.8 Å². The van der Waals surface area contributed by atoms with Crippen molar-refractivity contribution in [3.63, 3.8) is 0 Å². The maximum Gasteiger partial charge on any atom is 0.347 e. The van der Waals surface area contributed by atoms with Gasteiger partial charge in [-0.3, -0.25) is 4.90 Å².